The van der Waals surface area contributed by atoms with Gasteiger partial charge in [0.25, 0.3) is 0 Å². The van der Waals surface area contributed by atoms with E-state index in [0.29, 0.717) is 0 Å². The van der Waals surface area contributed by atoms with Crippen LogP contribution in [-0.4, -0.2) is 21.7 Å². The lowest BCUT2D eigenvalue weighted by Gasteiger charge is -1.90. The van der Waals surface area contributed by atoms with Crippen molar-refractivity contribution in [3.63, 3.8) is 0 Å². The average molecular weight is 154 g/mol. The number of carboxylic acids is 1. The number of primary amides is 1. The van der Waals surface area contributed by atoms with Gasteiger partial charge in [-0.1, -0.05) is 0 Å². The number of hydrogen-bond acceptors (Lipinski definition) is 2. The van der Waals surface area contributed by atoms with Gasteiger partial charge in [-0.3, -0.25) is 4.57 Å². The lowest BCUT2D eigenvalue weighted by atomic mass is 10.4. The molecule has 1 aromatic heterocycles. The Hall–Kier alpha value is -1.78. The Kier molecular flexibility index (Phi) is 1.63. The molecule has 58 valence electrons. The maximum absolute atomic E-state index is 10.4. The van der Waals surface area contributed by atoms with Gasteiger partial charge in [-0.2, -0.15) is 0 Å². The van der Waals surface area contributed by atoms with Gasteiger partial charge in [0, 0.05) is 12.4 Å². The summed E-state index contributed by atoms with van der Waals surface area (Å²) in [6.45, 7) is 0. The fraction of sp³-hybridized carbons (Fsp3) is 0. The highest BCUT2D eigenvalue weighted by Gasteiger charge is 2.05. The zero-order valence-corrected chi connectivity index (χ0v) is 5.52. The van der Waals surface area contributed by atoms with E-state index in [9.17, 15) is 9.59 Å². The summed E-state index contributed by atoms with van der Waals surface area (Å²) >= 11 is 0. The summed E-state index contributed by atoms with van der Waals surface area (Å²) in [5, 5.41) is 8.41. The molecule has 0 spiro atoms. The first kappa shape index (κ1) is 7.33. The van der Waals surface area contributed by atoms with Crippen LogP contribution in [-0.2, 0) is 0 Å². The molecule has 3 N–H and O–H groups in total. The predicted octanol–water partition coefficient (Wildman–Crippen LogP) is 0.113. The minimum absolute atomic E-state index is 0.0452. The molecule has 5 heteroatoms. The molecule has 0 unspecified atom stereocenters. The second-order valence-electron chi connectivity index (χ2n) is 1.95. The van der Waals surface area contributed by atoms with Crippen LogP contribution in [0, 0.1) is 0 Å². The molecule has 0 saturated carbocycles. The Morgan fingerprint density at radius 3 is 2.45 bits per heavy atom. The number of nitrogens with zero attached hydrogens (tertiary/aromatic N) is 1. The number of aromatic carboxylic acids is 1. The average Bonchev–Trinajstić information content (AvgIpc) is 2.33. The first-order valence-corrected chi connectivity index (χ1v) is 2.82. The summed E-state index contributed by atoms with van der Waals surface area (Å²) in [6.07, 6.45) is 2.45. The summed E-state index contributed by atoms with van der Waals surface area (Å²) in [4.78, 5) is 20.7. The molecule has 11 heavy (non-hydrogen) atoms. The maximum atomic E-state index is 10.4. The van der Waals surface area contributed by atoms with Crippen LogP contribution in [0.4, 0.5) is 4.79 Å². The molecular weight excluding hydrogens is 148 g/mol. The van der Waals surface area contributed by atoms with E-state index in [4.69, 9.17) is 10.8 Å². The van der Waals surface area contributed by atoms with Gasteiger partial charge in [0.1, 0.15) is 0 Å². The lowest BCUT2D eigenvalue weighted by Crippen LogP contribution is -2.17. The van der Waals surface area contributed by atoms with E-state index >= 15 is 0 Å². The van der Waals surface area contributed by atoms with Crippen molar-refractivity contribution in [2.75, 3.05) is 0 Å². The van der Waals surface area contributed by atoms with Gasteiger partial charge in [-0.25, -0.2) is 9.59 Å². The predicted molar refractivity (Wildman–Crippen MR) is 36.4 cm³/mol. The van der Waals surface area contributed by atoms with Crippen molar-refractivity contribution >= 4 is 12.0 Å². The van der Waals surface area contributed by atoms with Crippen LogP contribution in [0.5, 0.6) is 0 Å². The molecule has 1 rings (SSSR count). The van der Waals surface area contributed by atoms with E-state index in [-0.39, 0.29) is 5.56 Å². The Labute approximate surface area is 62.0 Å². The van der Waals surface area contributed by atoms with E-state index in [0.717, 1.165) is 10.8 Å². The second-order valence-corrected chi connectivity index (χ2v) is 1.95. The zero-order valence-electron chi connectivity index (χ0n) is 5.52. The minimum Gasteiger partial charge on any atom is -0.478 e. The van der Waals surface area contributed by atoms with Crippen LogP contribution in [0.25, 0.3) is 0 Å². The fourth-order valence-electron chi connectivity index (χ4n) is 0.660. The molecule has 0 saturated heterocycles. The third kappa shape index (κ3) is 1.37. The number of carboxylic acid groups (broad SMARTS) is 1. The third-order valence-electron chi connectivity index (χ3n) is 1.19. The standard InChI is InChI=1S/C6H6N2O3/c7-6(11)8-2-1-4(3-8)5(9)10/h1-3H,(H2,7,11)(H,9,10). The maximum Gasteiger partial charge on any atom is 0.337 e. The smallest absolute Gasteiger partial charge is 0.337 e. The quantitative estimate of drug-likeness (QED) is 0.602. The van der Waals surface area contributed by atoms with Crippen molar-refractivity contribution in [2.45, 2.75) is 0 Å². The molecule has 1 amide bonds. The topological polar surface area (TPSA) is 85.3 Å². The van der Waals surface area contributed by atoms with Crippen LogP contribution in [0.3, 0.4) is 0 Å². The van der Waals surface area contributed by atoms with Crippen LogP contribution < -0.4 is 5.73 Å². The molecule has 0 aliphatic rings. The van der Waals surface area contributed by atoms with E-state index in [1.165, 1.54) is 12.3 Å². The number of amides is 1. The van der Waals surface area contributed by atoms with Gasteiger partial charge < -0.3 is 10.8 Å². The molecule has 1 heterocycles. The molecular formula is C6H6N2O3. The normalized spacial score (nSPS) is 9.45. The zero-order chi connectivity index (χ0) is 8.43. The van der Waals surface area contributed by atoms with Gasteiger partial charge >= 0.3 is 12.0 Å². The van der Waals surface area contributed by atoms with Gasteiger partial charge in [-0.15, -0.1) is 0 Å². The minimum atomic E-state index is -1.08. The largest absolute Gasteiger partial charge is 0.478 e. The van der Waals surface area contributed by atoms with Gasteiger partial charge in [-0.05, 0) is 6.07 Å². The van der Waals surface area contributed by atoms with E-state index in [1.54, 1.807) is 0 Å². The summed E-state index contributed by atoms with van der Waals surface area (Å²) in [5.41, 5.74) is 4.90. The van der Waals surface area contributed by atoms with Crippen molar-refractivity contribution in [2.24, 2.45) is 5.73 Å². The van der Waals surface area contributed by atoms with Gasteiger partial charge in [0.15, 0.2) is 0 Å². The third-order valence-corrected chi connectivity index (χ3v) is 1.19. The first-order chi connectivity index (χ1) is 5.11. The highest BCUT2D eigenvalue weighted by atomic mass is 16.4. The fourth-order valence-corrected chi connectivity index (χ4v) is 0.660. The summed E-state index contributed by atoms with van der Waals surface area (Å²) in [6, 6.07) is 0.602. The SMILES string of the molecule is NC(=O)n1ccc(C(=O)O)c1. The van der Waals surface area contributed by atoms with E-state index in [2.05, 4.69) is 0 Å². The Morgan fingerprint density at radius 1 is 1.55 bits per heavy atom. The molecule has 1 aromatic rings. The Bertz CT molecular complexity index is 274. The Morgan fingerprint density at radius 2 is 2.18 bits per heavy atom. The van der Waals surface area contributed by atoms with Crippen molar-refractivity contribution in [3.05, 3.63) is 24.0 Å². The van der Waals surface area contributed by atoms with E-state index in [1.807, 2.05) is 0 Å². The van der Waals surface area contributed by atoms with E-state index < -0.39 is 12.0 Å². The van der Waals surface area contributed by atoms with Crippen molar-refractivity contribution < 1.29 is 14.7 Å². The molecule has 0 aliphatic carbocycles. The summed E-state index contributed by atoms with van der Waals surface area (Å²) < 4.78 is 1.00. The second kappa shape index (κ2) is 2.45. The highest BCUT2D eigenvalue weighted by molar-refractivity contribution is 5.88. The van der Waals surface area contributed by atoms with Crippen molar-refractivity contribution in [3.8, 4) is 0 Å². The molecule has 0 aromatic carbocycles. The number of carbonyl (C=O) groups is 2. The number of rotatable bonds is 1. The van der Waals surface area contributed by atoms with Crippen molar-refractivity contribution in [1.29, 1.82) is 0 Å². The molecule has 0 bridgehead atoms. The van der Waals surface area contributed by atoms with Gasteiger partial charge in [0.05, 0.1) is 5.56 Å². The molecule has 0 fully saturated rings. The highest BCUT2D eigenvalue weighted by Crippen LogP contribution is 1.99. The molecule has 5 nitrogen and oxygen atoms in total. The molecule has 0 aliphatic heterocycles. The number of carbonyl (C=O) groups excluding carboxylic acids is 1. The van der Waals surface area contributed by atoms with Crippen LogP contribution in [0.15, 0.2) is 18.5 Å². The number of hydrogen-bond donors (Lipinski definition) is 2. The lowest BCUT2D eigenvalue weighted by molar-refractivity contribution is 0.0697. The monoisotopic (exact) mass is 154 g/mol. The first-order valence-electron chi connectivity index (χ1n) is 2.82. The summed E-state index contributed by atoms with van der Waals surface area (Å²) in [5.74, 6) is -1.08. The van der Waals surface area contributed by atoms with Gasteiger partial charge in [0.2, 0.25) is 0 Å². The summed E-state index contributed by atoms with van der Waals surface area (Å²) in [7, 11) is 0. The van der Waals surface area contributed by atoms with Crippen LogP contribution >= 0.6 is 0 Å². The Balaban J connectivity index is 2.99. The molecule has 0 radical (unpaired) electrons. The molecule has 0 atom stereocenters. The van der Waals surface area contributed by atoms with Crippen LogP contribution in [0.1, 0.15) is 10.4 Å². The number of nitrogens with two attached hydrogens (primary N) is 1. The van der Waals surface area contributed by atoms with Crippen molar-refractivity contribution in [1.82, 2.24) is 4.57 Å². The number of aromatic nitrogens is 1. The van der Waals surface area contributed by atoms with Crippen LogP contribution in [0.2, 0.25) is 0 Å².